The summed E-state index contributed by atoms with van der Waals surface area (Å²) in [4.78, 5) is 3.92. The number of aromatic nitrogens is 3. The Morgan fingerprint density at radius 2 is 2.36 bits per heavy atom. The molecule has 0 aliphatic rings. The molecule has 56 valence electrons. The lowest BCUT2D eigenvalue weighted by molar-refractivity contribution is 0.963. The molecule has 2 aromatic heterocycles. The van der Waals surface area contributed by atoms with Crippen molar-refractivity contribution in [3.8, 4) is 0 Å². The van der Waals surface area contributed by atoms with Gasteiger partial charge in [0.05, 0.1) is 16.9 Å². The summed E-state index contributed by atoms with van der Waals surface area (Å²) in [7, 11) is 0. The van der Waals surface area contributed by atoms with Gasteiger partial charge in [0.1, 0.15) is 6.33 Å². The van der Waals surface area contributed by atoms with E-state index < -0.39 is 0 Å². The van der Waals surface area contributed by atoms with Gasteiger partial charge in [-0.3, -0.25) is 0 Å². The highest BCUT2D eigenvalue weighted by atomic mass is 35.5. The van der Waals surface area contributed by atoms with Crippen LogP contribution >= 0.6 is 11.6 Å². The number of hydrogen-bond acceptors (Lipinski definition) is 3. The zero-order valence-electron chi connectivity index (χ0n) is 5.53. The van der Waals surface area contributed by atoms with Gasteiger partial charge in [0.2, 0.25) is 0 Å². The van der Waals surface area contributed by atoms with Gasteiger partial charge in [-0.25, -0.2) is 9.50 Å². The van der Waals surface area contributed by atoms with Crippen LogP contribution in [0.5, 0.6) is 0 Å². The van der Waals surface area contributed by atoms with Crippen LogP contribution in [0.3, 0.4) is 0 Å². The molecular weight excluding hydrogens is 164 g/mol. The Morgan fingerprint density at radius 1 is 1.55 bits per heavy atom. The number of fused-ring (bicyclic) bond motifs is 1. The van der Waals surface area contributed by atoms with Gasteiger partial charge in [-0.2, -0.15) is 5.10 Å². The molecule has 0 radical (unpaired) electrons. The van der Waals surface area contributed by atoms with Gasteiger partial charge < -0.3 is 5.73 Å². The predicted molar refractivity (Wildman–Crippen MR) is 42.4 cm³/mol. The van der Waals surface area contributed by atoms with E-state index in [-0.39, 0.29) is 0 Å². The van der Waals surface area contributed by atoms with E-state index in [0.29, 0.717) is 16.4 Å². The normalized spacial score (nSPS) is 10.6. The summed E-state index contributed by atoms with van der Waals surface area (Å²) >= 11 is 5.80. The molecule has 0 unspecified atom stereocenters. The van der Waals surface area contributed by atoms with Crippen LogP contribution in [0.15, 0.2) is 18.6 Å². The standard InChI is InChI=1S/C6H5ClN4/c7-5-1-4(8)2-11-6(5)9-3-10-11/h1-3H,8H2. The first-order valence-electron chi connectivity index (χ1n) is 3.02. The Bertz CT molecular complexity index is 394. The number of hydrogen-bond donors (Lipinski definition) is 1. The summed E-state index contributed by atoms with van der Waals surface area (Å²) in [5.41, 5.74) is 6.71. The molecule has 5 heteroatoms. The third-order valence-corrected chi connectivity index (χ3v) is 1.63. The lowest BCUT2D eigenvalue weighted by Gasteiger charge is -1.95. The van der Waals surface area contributed by atoms with Crippen molar-refractivity contribution >= 4 is 22.9 Å². The number of rotatable bonds is 0. The minimum absolute atomic E-state index is 0.516. The van der Waals surface area contributed by atoms with Crippen LogP contribution in [0, 0.1) is 0 Å². The number of halogens is 1. The average Bonchev–Trinajstić information content (AvgIpc) is 2.34. The molecule has 0 aromatic carbocycles. The number of anilines is 1. The van der Waals surface area contributed by atoms with Crippen LogP contribution in [0.25, 0.3) is 5.65 Å². The SMILES string of the molecule is Nc1cc(Cl)c2ncnn2c1. The first-order valence-corrected chi connectivity index (χ1v) is 3.39. The Hall–Kier alpha value is -1.29. The fourth-order valence-corrected chi connectivity index (χ4v) is 1.17. The molecule has 0 aliphatic carbocycles. The van der Waals surface area contributed by atoms with Crippen molar-refractivity contribution in [2.24, 2.45) is 0 Å². The van der Waals surface area contributed by atoms with Crippen LogP contribution in [-0.4, -0.2) is 14.6 Å². The van der Waals surface area contributed by atoms with Crippen molar-refractivity contribution in [3.63, 3.8) is 0 Å². The van der Waals surface area contributed by atoms with E-state index in [4.69, 9.17) is 17.3 Å². The van der Waals surface area contributed by atoms with E-state index >= 15 is 0 Å². The van der Waals surface area contributed by atoms with Crippen molar-refractivity contribution in [3.05, 3.63) is 23.6 Å². The second-order valence-electron chi connectivity index (χ2n) is 2.15. The molecule has 4 nitrogen and oxygen atoms in total. The van der Waals surface area contributed by atoms with E-state index in [1.807, 2.05) is 0 Å². The lowest BCUT2D eigenvalue weighted by atomic mass is 10.4. The van der Waals surface area contributed by atoms with Crippen molar-refractivity contribution in [1.29, 1.82) is 0 Å². The van der Waals surface area contributed by atoms with Crippen molar-refractivity contribution in [1.82, 2.24) is 14.6 Å². The average molecular weight is 169 g/mol. The molecule has 0 fully saturated rings. The van der Waals surface area contributed by atoms with Crippen LogP contribution in [0.2, 0.25) is 5.02 Å². The summed E-state index contributed by atoms with van der Waals surface area (Å²) in [6, 6.07) is 1.64. The van der Waals surface area contributed by atoms with E-state index in [1.165, 1.54) is 10.8 Å². The molecule has 2 rings (SSSR count). The maximum absolute atomic E-state index is 5.80. The molecule has 2 aromatic rings. The van der Waals surface area contributed by atoms with Crippen molar-refractivity contribution in [2.45, 2.75) is 0 Å². The van der Waals surface area contributed by atoms with Gasteiger partial charge in [0, 0.05) is 0 Å². The Balaban J connectivity index is 2.91. The molecule has 0 atom stereocenters. The fourth-order valence-electron chi connectivity index (χ4n) is 0.905. The summed E-state index contributed by atoms with van der Waals surface area (Å²) in [5, 5.41) is 4.40. The second-order valence-corrected chi connectivity index (χ2v) is 2.56. The lowest BCUT2D eigenvalue weighted by Crippen LogP contribution is -1.92. The van der Waals surface area contributed by atoms with E-state index in [0.717, 1.165) is 0 Å². The van der Waals surface area contributed by atoms with Crippen LogP contribution < -0.4 is 5.73 Å². The van der Waals surface area contributed by atoms with Crippen LogP contribution in [0.4, 0.5) is 5.69 Å². The minimum Gasteiger partial charge on any atom is -0.397 e. The fraction of sp³-hybridized carbons (Fsp3) is 0. The van der Waals surface area contributed by atoms with Crippen molar-refractivity contribution < 1.29 is 0 Å². The Morgan fingerprint density at radius 3 is 3.18 bits per heavy atom. The second kappa shape index (κ2) is 2.10. The summed E-state index contributed by atoms with van der Waals surface area (Å²) < 4.78 is 1.54. The topological polar surface area (TPSA) is 56.2 Å². The summed E-state index contributed by atoms with van der Waals surface area (Å²) in [5.74, 6) is 0. The minimum atomic E-state index is 0.516. The van der Waals surface area contributed by atoms with E-state index in [2.05, 4.69) is 10.1 Å². The first kappa shape index (κ1) is 6.42. The molecule has 0 aliphatic heterocycles. The molecule has 0 saturated carbocycles. The van der Waals surface area contributed by atoms with Gasteiger partial charge >= 0.3 is 0 Å². The number of nitrogens with two attached hydrogens (primary N) is 1. The van der Waals surface area contributed by atoms with Gasteiger partial charge in [0.25, 0.3) is 0 Å². The van der Waals surface area contributed by atoms with E-state index in [9.17, 15) is 0 Å². The Labute approximate surface area is 67.6 Å². The first-order chi connectivity index (χ1) is 5.27. The molecule has 2 heterocycles. The van der Waals surface area contributed by atoms with Crippen molar-refractivity contribution in [2.75, 3.05) is 5.73 Å². The van der Waals surface area contributed by atoms with Gasteiger partial charge in [0.15, 0.2) is 5.65 Å². The third-order valence-electron chi connectivity index (χ3n) is 1.35. The maximum atomic E-state index is 5.80. The predicted octanol–water partition coefficient (Wildman–Crippen LogP) is 0.965. The Kier molecular flexibility index (Phi) is 1.22. The zero-order chi connectivity index (χ0) is 7.84. The highest BCUT2D eigenvalue weighted by Gasteiger charge is 2.00. The monoisotopic (exact) mass is 168 g/mol. The summed E-state index contributed by atoms with van der Waals surface area (Å²) in [6.07, 6.45) is 3.09. The van der Waals surface area contributed by atoms with Gasteiger partial charge in [-0.15, -0.1) is 0 Å². The van der Waals surface area contributed by atoms with Crippen LogP contribution in [0.1, 0.15) is 0 Å². The molecule has 0 amide bonds. The number of nitrogen functional groups attached to an aromatic ring is 1. The molecule has 11 heavy (non-hydrogen) atoms. The van der Waals surface area contributed by atoms with Crippen LogP contribution in [-0.2, 0) is 0 Å². The summed E-state index contributed by atoms with van der Waals surface area (Å²) in [6.45, 7) is 0. The number of pyridine rings is 1. The molecule has 0 bridgehead atoms. The molecule has 0 spiro atoms. The molecule has 2 N–H and O–H groups in total. The smallest absolute Gasteiger partial charge is 0.173 e. The van der Waals surface area contributed by atoms with Gasteiger partial charge in [-0.1, -0.05) is 11.6 Å². The molecular formula is C6H5ClN4. The number of nitrogens with zero attached hydrogens (tertiary/aromatic N) is 3. The largest absolute Gasteiger partial charge is 0.397 e. The quantitative estimate of drug-likeness (QED) is 0.638. The van der Waals surface area contributed by atoms with Gasteiger partial charge in [-0.05, 0) is 6.07 Å². The molecule has 0 saturated heterocycles. The zero-order valence-corrected chi connectivity index (χ0v) is 6.28. The van der Waals surface area contributed by atoms with E-state index in [1.54, 1.807) is 12.3 Å². The third kappa shape index (κ3) is 0.914. The highest BCUT2D eigenvalue weighted by Crippen LogP contribution is 2.16. The highest BCUT2D eigenvalue weighted by molar-refractivity contribution is 6.33. The maximum Gasteiger partial charge on any atom is 0.173 e.